The lowest BCUT2D eigenvalue weighted by molar-refractivity contribution is 0.514. The Morgan fingerprint density at radius 1 is 0.667 bits per heavy atom. The molecule has 1 atom stereocenters. The molecule has 0 aliphatic carbocycles. The van der Waals surface area contributed by atoms with Gasteiger partial charge in [0.15, 0.2) is 0 Å². The Balaban J connectivity index is 1.33. The molecule has 0 radical (unpaired) electrons. The van der Waals surface area contributed by atoms with Crippen LogP contribution in [-0.2, 0) is 22.0 Å². The molecule has 1 heterocycles. The lowest BCUT2D eigenvalue weighted by Gasteiger charge is -2.37. The van der Waals surface area contributed by atoms with Crippen molar-refractivity contribution in [3.05, 3.63) is 198 Å². The van der Waals surface area contributed by atoms with Crippen LogP contribution in [0.25, 0.3) is 6.08 Å². The second-order valence-electron chi connectivity index (χ2n) is 11.0. The third kappa shape index (κ3) is 6.73. The van der Waals surface area contributed by atoms with Crippen molar-refractivity contribution in [3.8, 4) is 0 Å². The fourth-order valence-electron chi connectivity index (χ4n) is 5.90. The first-order valence-corrected chi connectivity index (χ1v) is 16.5. The van der Waals surface area contributed by atoms with Crippen LogP contribution in [0, 0.1) is 0 Å². The molecule has 0 amide bonds. The number of hydrogen-bond acceptors (Lipinski definition) is 3. The van der Waals surface area contributed by atoms with Gasteiger partial charge in [-0.1, -0.05) is 146 Å². The molecule has 0 saturated heterocycles. The van der Waals surface area contributed by atoms with Gasteiger partial charge in [-0.3, -0.25) is 0 Å². The molecular weight excluding hydrogens is 575 g/mol. The third-order valence-electron chi connectivity index (χ3n) is 7.97. The van der Waals surface area contributed by atoms with Gasteiger partial charge in [0.05, 0.1) is 16.9 Å². The van der Waals surface area contributed by atoms with Crippen molar-refractivity contribution in [3.63, 3.8) is 0 Å². The second kappa shape index (κ2) is 13.7. The summed E-state index contributed by atoms with van der Waals surface area (Å²) < 4.78 is 31.6. The van der Waals surface area contributed by atoms with Crippen LogP contribution in [0.15, 0.2) is 175 Å². The number of benzene rings is 5. The van der Waals surface area contributed by atoms with Gasteiger partial charge in [-0.05, 0) is 53.3 Å². The average Bonchev–Trinajstić information content (AvgIpc) is 3.56. The van der Waals surface area contributed by atoms with Crippen LogP contribution in [0.3, 0.4) is 0 Å². The Kier molecular flexibility index (Phi) is 9.15. The first kappa shape index (κ1) is 30.0. The summed E-state index contributed by atoms with van der Waals surface area (Å²) in [5.74, 6) is 0. The highest BCUT2D eigenvalue weighted by molar-refractivity contribution is 7.89. The number of rotatable bonds is 12. The second-order valence-corrected chi connectivity index (χ2v) is 12.7. The first-order chi connectivity index (χ1) is 22.1. The normalized spacial score (nSPS) is 12.7. The molecule has 0 bridgehead atoms. The van der Waals surface area contributed by atoms with E-state index in [4.69, 9.17) is 4.98 Å². The van der Waals surface area contributed by atoms with Gasteiger partial charge in [-0.2, -0.15) is 0 Å². The minimum absolute atomic E-state index is 0.255. The highest BCUT2D eigenvalue weighted by Gasteiger charge is 2.38. The molecule has 6 rings (SSSR count). The summed E-state index contributed by atoms with van der Waals surface area (Å²) >= 11 is 0. The van der Waals surface area contributed by atoms with Crippen LogP contribution >= 0.6 is 0 Å². The van der Waals surface area contributed by atoms with E-state index in [-0.39, 0.29) is 10.9 Å². The van der Waals surface area contributed by atoms with E-state index in [1.54, 1.807) is 24.3 Å². The summed E-state index contributed by atoms with van der Waals surface area (Å²) in [4.78, 5) is 5.05. The third-order valence-corrected chi connectivity index (χ3v) is 9.51. The highest BCUT2D eigenvalue weighted by Crippen LogP contribution is 2.40. The van der Waals surface area contributed by atoms with Gasteiger partial charge >= 0.3 is 0 Å². The van der Waals surface area contributed by atoms with Crippen LogP contribution < -0.4 is 4.72 Å². The van der Waals surface area contributed by atoms with E-state index in [0.29, 0.717) is 12.8 Å². The minimum atomic E-state index is -3.69. The largest absolute Gasteiger partial charge is 0.318 e. The molecule has 224 valence electrons. The zero-order valence-electron chi connectivity index (χ0n) is 24.9. The van der Waals surface area contributed by atoms with Crippen molar-refractivity contribution < 1.29 is 8.42 Å². The van der Waals surface area contributed by atoms with E-state index in [1.165, 1.54) is 0 Å². The van der Waals surface area contributed by atoms with Gasteiger partial charge < -0.3 is 4.57 Å². The van der Waals surface area contributed by atoms with E-state index in [0.717, 1.165) is 27.9 Å². The molecule has 1 N–H and O–H groups in total. The molecule has 5 nitrogen and oxygen atoms in total. The molecule has 0 saturated carbocycles. The van der Waals surface area contributed by atoms with Crippen molar-refractivity contribution in [2.24, 2.45) is 0 Å². The predicted octanol–water partition coefficient (Wildman–Crippen LogP) is 7.72. The predicted molar refractivity (Wildman–Crippen MR) is 181 cm³/mol. The molecule has 0 spiro atoms. The lowest BCUT2D eigenvalue weighted by Crippen LogP contribution is -2.36. The van der Waals surface area contributed by atoms with Gasteiger partial charge in [-0.15, -0.1) is 0 Å². The zero-order chi connectivity index (χ0) is 31.0. The van der Waals surface area contributed by atoms with Gasteiger partial charge in [0, 0.05) is 12.2 Å². The lowest BCUT2D eigenvalue weighted by atomic mass is 9.77. The molecule has 45 heavy (non-hydrogen) atoms. The van der Waals surface area contributed by atoms with Crippen molar-refractivity contribution in [2.45, 2.75) is 29.3 Å². The number of imidazole rings is 1. The van der Waals surface area contributed by atoms with Crippen LogP contribution in [0.4, 0.5) is 0 Å². The van der Waals surface area contributed by atoms with Gasteiger partial charge in [0.1, 0.15) is 5.54 Å². The van der Waals surface area contributed by atoms with Crippen molar-refractivity contribution in [1.82, 2.24) is 14.3 Å². The molecule has 6 heteroatoms. The summed E-state index contributed by atoms with van der Waals surface area (Å²) in [7, 11) is -3.69. The van der Waals surface area contributed by atoms with Crippen LogP contribution in [0.2, 0.25) is 0 Å². The summed E-state index contributed by atoms with van der Waals surface area (Å²) in [5, 5.41) is 0. The Bertz CT molecular complexity index is 1830. The van der Waals surface area contributed by atoms with Crippen molar-refractivity contribution >= 4 is 16.1 Å². The molecule has 0 aliphatic heterocycles. The van der Waals surface area contributed by atoms with Crippen LogP contribution in [0.5, 0.6) is 0 Å². The maximum atomic E-state index is 13.2. The maximum Gasteiger partial charge on any atom is 0.240 e. The zero-order valence-corrected chi connectivity index (χ0v) is 25.7. The molecule has 0 unspecified atom stereocenters. The van der Waals surface area contributed by atoms with E-state index in [9.17, 15) is 8.42 Å². The van der Waals surface area contributed by atoms with Crippen LogP contribution in [-0.4, -0.2) is 24.0 Å². The van der Waals surface area contributed by atoms with Crippen molar-refractivity contribution in [2.75, 3.05) is 0 Å². The monoisotopic (exact) mass is 609 g/mol. The summed E-state index contributed by atoms with van der Waals surface area (Å²) in [6.07, 6.45) is 8.97. The molecular formula is C39H35N3O2S. The number of nitrogens with zero attached hydrogens (tertiary/aromatic N) is 2. The number of hydrogen-bond donors (Lipinski definition) is 1. The average molecular weight is 610 g/mol. The number of nitrogens with one attached hydrogen (secondary N) is 1. The molecule has 1 aromatic heterocycles. The maximum absolute atomic E-state index is 13.2. The highest BCUT2D eigenvalue weighted by atomic mass is 32.2. The Labute approximate surface area is 265 Å². The Hall–Kier alpha value is -5.04. The summed E-state index contributed by atoms with van der Waals surface area (Å²) in [6, 6.07) is 49.5. The van der Waals surface area contributed by atoms with E-state index >= 15 is 0 Å². The SMILES string of the molecule is O=S(=O)(N[C@H](CC=Cc1cn(C(c2ccccc2)(c2ccccc2)c2ccccc2)cn1)Cc1ccccc1)c1ccccc1. The van der Waals surface area contributed by atoms with Crippen LogP contribution in [0.1, 0.15) is 34.4 Å². The fraction of sp³-hybridized carbons (Fsp3) is 0.103. The molecule has 0 aliphatic rings. The minimum Gasteiger partial charge on any atom is -0.318 e. The Morgan fingerprint density at radius 3 is 1.64 bits per heavy atom. The van der Waals surface area contributed by atoms with Gasteiger partial charge in [0.2, 0.25) is 10.0 Å². The number of sulfonamides is 1. The summed E-state index contributed by atoms with van der Waals surface area (Å²) in [6.45, 7) is 0. The molecule has 0 fully saturated rings. The molecule has 5 aromatic carbocycles. The topological polar surface area (TPSA) is 64.0 Å². The van der Waals surface area contributed by atoms with E-state index in [1.807, 2.05) is 73.1 Å². The van der Waals surface area contributed by atoms with Crippen molar-refractivity contribution in [1.29, 1.82) is 0 Å². The first-order valence-electron chi connectivity index (χ1n) is 15.0. The number of aromatic nitrogens is 2. The fourth-order valence-corrected chi connectivity index (χ4v) is 7.17. The van der Waals surface area contributed by atoms with Gasteiger partial charge in [0.25, 0.3) is 0 Å². The summed E-state index contributed by atoms with van der Waals surface area (Å²) in [5.41, 5.74) is 4.56. The molecule has 6 aromatic rings. The quantitative estimate of drug-likeness (QED) is 0.145. The van der Waals surface area contributed by atoms with E-state index in [2.05, 4.69) is 88.3 Å². The van der Waals surface area contributed by atoms with E-state index < -0.39 is 15.6 Å². The smallest absolute Gasteiger partial charge is 0.240 e. The Morgan fingerprint density at radius 2 is 1.13 bits per heavy atom. The standard InChI is InChI=1S/C39H35N3O2S/c43-45(44,38-27-14-5-15-28-38)41-36(29-32-17-6-1-7-18-32)25-16-26-37-30-42(31-40-37)39(33-19-8-2-9-20-33,34-21-10-3-11-22-34)35-23-12-4-13-24-35/h1-24,26-28,30-31,36,41H,25,29H2/t36-/m1/s1. The van der Waals surface area contributed by atoms with Gasteiger partial charge in [-0.25, -0.2) is 18.1 Å².